The molecule has 1 aromatic carbocycles. The maximum absolute atomic E-state index is 4.72. The van der Waals surface area contributed by atoms with Crippen molar-refractivity contribution in [1.82, 2.24) is 25.2 Å². The fourth-order valence-corrected chi connectivity index (χ4v) is 3.95. The van der Waals surface area contributed by atoms with Crippen LogP contribution in [-0.2, 0) is 25.9 Å². The van der Waals surface area contributed by atoms with Crippen LogP contribution in [0.2, 0.25) is 0 Å². The summed E-state index contributed by atoms with van der Waals surface area (Å²) in [6, 6.07) is 10.5. The Bertz CT molecular complexity index is 893. The monoisotopic (exact) mass is 410 g/mol. The second-order valence-corrected chi connectivity index (χ2v) is 8.18. The van der Waals surface area contributed by atoms with E-state index in [-0.39, 0.29) is 0 Å². The molecule has 29 heavy (non-hydrogen) atoms. The van der Waals surface area contributed by atoms with Crippen LogP contribution in [0.4, 0.5) is 0 Å². The molecule has 154 valence electrons. The van der Waals surface area contributed by atoms with Gasteiger partial charge in [0.25, 0.3) is 0 Å². The van der Waals surface area contributed by atoms with Crippen molar-refractivity contribution >= 4 is 17.3 Å². The van der Waals surface area contributed by atoms with Crippen molar-refractivity contribution in [2.75, 3.05) is 13.1 Å². The summed E-state index contributed by atoms with van der Waals surface area (Å²) >= 11 is 1.77. The van der Waals surface area contributed by atoms with Crippen molar-refractivity contribution in [3.8, 4) is 0 Å². The number of benzene rings is 1. The maximum Gasteiger partial charge on any atom is 0.191 e. The zero-order valence-electron chi connectivity index (χ0n) is 17.5. The van der Waals surface area contributed by atoms with Crippen LogP contribution < -0.4 is 10.6 Å². The quantitative estimate of drug-likeness (QED) is 0.419. The van der Waals surface area contributed by atoms with Gasteiger partial charge in [0.15, 0.2) is 5.96 Å². The Morgan fingerprint density at radius 3 is 2.69 bits per heavy atom. The number of nitrogens with zero attached hydrogens (tertiary/aromatic N) is 4. The van der Waals surface area contributed by atoms with E-state index in [1.807, 2.05) is 18.5 Å². The average Bonchev–Trinajstić information content (AvgIpc) is 3.31. The van der Waals surface area contributed by atoms with E-state index in [0.717, 1.165) is 50.0 Å². The number of aryl methyl sites for hydroxylation is 4. The Morgan fingerprint density at radius 2 is 1.97 bits per heavy atom. The molecule has 3 rings (SSSR count). The lowest BCUT2D eigenvalue weighted by atomic mass is 10.1. The third-order valence-corrected chi connectivity index (χ3v) is 5.85. The fourth-order valence-electron chi connectivity index (χ4n) is 3.01. The molecular formula is C22H30N6S. The van der Waals surface area contributed by atoms with Crippen LogP contribution in [0.1, 0.15) is 33.9 Å². The molecule has 0 aliphatic heterocycles. The Kier molecular flexibility index (Phi) is 7.81. The fraction of sp³-hybridized carbons (Fsp3) is 0.409. The molecule has 0 fully saturated rings. The molecule has 3 aromatic rings. The summed E-state index contributed by atoms with van der Waals surface area (Å²) in [6.45, 7) is 9.34. The summed E-state index contributed by atoms with van der Waals surface area (Å²) in [4.78, 5) is 15.1. The second-order valence-electron chi connectivity index (χ2n) is 6.89. The van der Waals surface area contributed by atoms with Crippen LogP contribution in [0.25, 0.3) is 0 Å². The highest BCUT2D eigenvalue weighted by molar-refractivity contribution is 7.11. The number of aliphatic imine (C=N–C) groups is 1. The minimum Gasteiger partial charge on any atom is -0.357 e. The molecule has 0 spiro atoms. The minimum atomic E-state index is 0.548. The Hall–Kier alpha value is -2.67. The predicted molar refractivity (Wildman–Crippen MR) is 120 cm³/mol. The van der Waals surface area contributed by atoms with Gasteiger partial charge in [-0.1, -0.05) is 30.3 Å². The smallest absolute Gasteiger partial charge is 0.191 e. The van der Waals surface area contributed by atoms with E-state index in [1.54, 1.807) is 11.3 Å². The van der Waals surface area contributed by atoms with Crippen molar-refractivity contribution in [3.63, 3.8) is 0 Å². The highest BCUT2D eigenvalue weighted by Gasteiger charge is 2.06. The van der Waals surface area contributed by atoms with Crippen LogP contribution in [-0.4, -0.2) is 33.6 Å². The topological polar surface area (TPSA) is 67.1 Å². The van der Waals surface area contributed by atoms with E-state index in [9.17, 15) is 0 Å². The zero-order valence-corrected chi connectivity index (χ0v) is 18.3. The number of thiazole rings is 1. The molecule has 0 saturated carbocycles. The minimum absolute atomic E-state index is 0.548. The van der Waals surface area contributed by atoms with E-state index < -0.39 is 0 Å². The molecule has 0 aliphatic rings. The first-order chi connectivity index (χ1) is 14.2. The lowest BCUT2D eigenvalue weighted by Crippen LogP contribution is -2.38. The largest absolute Gasteiger partial charge is 0.357 e. The molecule has 0 saturated heterocycles. The van der Waals surface area contributed by atoms with Crippen LogP contribution in [0.15, 0.2) is 47.7 Å². The van der Waals surface area contributed by atoms with Gasteiger partial charge in [0.1, 0.15) is 12.4 Å². The summed E-state index contributed by atoms with van der Waals surface area (Å²) in [7, 11) is 0. The molecule has 2 aromatic heterocycles. The summed E-state index contributed by atoms with van der Waals surface area (Å²) in [5.41, 5.74) is 2.46. The summed E-state index contributed by atoms with van der Waals surface area (Å²) in [6.07, 6.45) is 5.76. The van der Waals surface area contributed by atoms with Crippen molar-refractivity contribution in [2.45, 2.75) is 46.7 Å². The normalized spacial score (nSPS) is 11.6. The van der Waals surface area contributed by atoms with Gasteiger partial charge in [0.05, 0.1) is 10.7 Å². The maximum atomic E-state index is 4.72. The molecule has 0 atom stereocenters. The third kappa shape index (κ3) is 6.42. The Balaban J connectivity index is 1.53. The second kappa shape index (κ2) is 10.8. The molecule has 0 amide bonds. The van der Waals surface area contributed by atoms with Gasteiger partial charge < -0.3 is 15.2 Å². The highest BCUT2D eigenvalue weighted by Crippen LogP contribution is 2.16. The van der Waals surface area contributed by atoms with Gasteiger partial charge in [-0.15, -0.1) is 11.3 Å². The van der Waals surface area contributed by atoms with E-state index in [4.69, 9.17) is 4.99 Å². The van der Waals surface area contributed by atoms with E-state index in [1.165, 1.54) is 15.4 Å². The number of aromatic nitrogens is 3. The van der Waals surface area contributed by atoms with Gasteiger partial charge in [0.2, 0.25) is 0 Å². The van der Waals surface area contributed by atoms with Gasteiger partial charge in [-0.25, -0.2) is 15.0 Å². The highest BCUT2D eigenvalue weighted by atomic mass is 32.1. The molecule has 0 bridgehead atoms. The van der Waals surface area contributed by atoms with Gasteiger partial charge in [-0.2, -0.15) is 0 Å². The van der Waals surface area contributed by atoms with Crippen molar-refractivity contribution in [2.24, 2.45) is 4.99 Å². The van der Waals surface area contributed by atoms with Crippen LogP contribution >= 0.6 is 11.3 Å². The van der Waals surface area contributed by atoms with Gasteiger partial charge >= 0.3 is 0 Å². The van der Waals surface area contributed by atoms with Crippen LogP contribution in [0.3, 0.4) is 0 Å². The first-order valence-corrected chi connectivity index (χ1v) is 11.0. The molecule has 2 N–H and O–H groups in total. The Labute approximate surface area is 177 Å². The molecular weight excluding hydrogens is 380 g/mol. The standard InChI is InChI=1S/C22H30N6S/c1-4-23-22(25-12-10-21-27-17(2)18(3)29-21)26-16-20-24-13-15-28(20)14-11-19-8-6-5-7-9-19/h5-9,13,15H,4,10-12,14,16H2,1-3H3,(H2,23,25,26). The van der Waals surface area contributed by atoms with Gasteiger partial charge in [-0.3, -0.25) is 0 Å². The average molecular weight is 411 g/mol. The molecule has 7 heteroatoms. The molecule has 0 aliphatic carbocycles. The number of hydrogen-bond acceptors (Lipinski definition) is 4. The van der Waals surface area contributed by atoms with Crippen molar-refractivity contribution in [3.05, 3.63) is 69.7 Å². The molecule has 2 heterocycles. The number of rotatable bonds is 9. The number of hydrogen-bond donors (Lipinski definition) is 2. The van der Waals surface area contributed by atoms with Crippen molar-refractivity contribution < 1.29 is 0 Å². The number of guanidine groups is 1. The summed E-state index contributed by atoms with van der Waals surface area (Å²) in [5, 5.41) is 7.88. The zero-order chi connectivity index (χ0) is 20.5. The lowest BCUT2D eigenvalue weighted by molar-refractivity contribution is 0.649. The van der Waals surface area contributed by atoms with Crippen LogP contribution in [0, 0.1) is 13.8 Å². The number of nitrogens with one attached hydrogen (secondary N) is 2. The van der Waals surface area contributed by atoms with Crippen LogP contribution in [0.5, 0.6) is 0 Å². The van der Waals surface area contributed by atoms with Gasteiger partial charge in [0, 0.05) is 43.3 Å². The first kappa shape index (κ1) is 21.0. The molecule has 6 nitrogen and oxygen atoms in total. The lowest BCUT2D eigenvalue weighted by Gasteiger charge is -2.11. The number of imidazole rings is 1. The molecule has 0 unspecified atom stereocenters. The van der Waals surface area contributed by atoms with E-state index >= 15 is 0 Å². The van der Waals surface area contributed by atoms with E-state index in [2.05, 4.69) is 70.2 Å². The molecule has 0 radical (unpaired) electrons. The first-order valence-electron chi connectivity index (χ1n) is 10.1. The predicted octanol–water partition coefficient (Wildman–Crippen LogP) is 3.50. The van der Waals surface area contributed by atoms with E-state index in [0.29, 0.717) is 6.54 Å². The summed E-state index contributed by atoms with van der Waals surface area (Å²) < 4.78 is 2.18. The Morgan fingerprint density at radius 1 is 1.14 bits per heavy atom. The third-order valence-electron chi connectivity index (χ3n) is 4.71. The van der Waals surface area contributed by atoms with Crippen molar-refractivity contribution in [1.29, 1.82) is 0 Å². The summed E-state index contributed by atoms with van der Waals surface area (Å²) in [5.74, 6) is 1.79. The SMILES string of the molecule is CCNC(=NCc1nccn1CCc1ccccc1)NCCc1nc(C)c(C)s1. The van der Waals surface area contributed by atoms with Gasteiger partial charge in [-0.05, 0) is 32.8 Å².